The van der Waals surface area contributed by atoms with Gasteiger partial charge in [-0.05, 0) is 69.7 Å². The maximum absolute atomic E-state index is 12.2. The van der Waals surface area contributed by atoms with Crippen LogP contribution in [0.5, 0.6) is 0 Å². The van der Waals surface area contributed by atoms with Crippen LogP contribution in [0.4, 0.5) is 4.79 Å². The number of hydrogen-bond acceptors (Lipinski definition) is 4. The summed E-state index contributed by atoms with van der Waals surface area (Å²) in [6.07, 6.45) is 1.73. The lowest BCUT2D eigenvalue weighted by Gasteiger charge is -2.24. The summed E-state index contributed by atoms with van der Waals surface area (Å²) in [4.78, 5) is 24.1. The van der Waals surface area contributed by atoms with Gasteiger partial charge in [-0.1, -0.05) is 17.7 Å². The molecule has 1 amide bonds. The van der Waals surface area contributed by atoms with Gasteiger partial charge in [0, 0.05) is 5.02 Å². The zero-order valence-corrected chi connectivity index (χ0v) is 16.0. The number of ether oxygens (including phenoxy) is 2. The van der Waals surface area contributed by atoms with Crippen LogP contribution >= 0.6 is 11.6 Å². The molecule has 1 saturated carbocycles. The summed E-state index contributed by atoms with van der Waals surface area (Å²) < 4.78 is 10.3. The smallest absolute Gasteiger partial charge is 0.408 e. The van der Waals surface area contributed by atoms with Crippen molar-refractivity contribution in [3.05, 3.63) is 34.3 Å². The monoisotopic (exact) mass is 367 g/mol. The van der Waals surface area contributed by atoms with E-state index in [1.807, 2.05) is 12.1 Å². The third-order valence-electron chi connectivity index (χ3n) is 3.76. The Morgan fingerprint density at radius 2 is 1.96 bits per heavy atom. The summed E-state index contributed by atoms with van der Waals surface area (Å²) in [5, 5.41) is 3.37. The van der Waals surface area contributed by atoms with E-state index in [9.17, 15) is 9.59 Å². The van der Waals surface area contributed by atoms with Crippen LogP contribution in [-0.2, 0) is 14.3 Å². The van der Waals surface area contributed by atoms with Gasteiger partial charge in [-0.3, -0.25) is 4.79 Å². The van der Waals surface area contributed by atoms with Gasteiger partial charge in [0.2, 0.25) is 0 Å². The number of rotatable bonds is 6. The second kappa shape index (κ2) is 8.09. The molecule has 138 valence electrons. The molecule has 1 aliphatic rings. The van der Waals surface area contributed by atoms with Crippen molar-refractivity contribution in [2.45, 2.75) is 64.5 Å². The van der Waals surface area contributed by atoms with Crippen molar-refractivity contribution in [3.63, 3.8) is 0 Å². The van der Waals surface area contributed by atoms with Crippen LogP contribution in [0.3, 0.4) is 0 Å². The summed E-state index contributed by atoms with van der Waals surface area (Å²) in [6.45, 7) is 7.41. The summed E-state index contributed by atoms with van der Waals surface area (Å²) >= 11 is 6.25. The minimum absolute atomic E-state index is 0.0253. The highest BCUT2D eigenvalue weighted by molar-refractivity contribution is 6.30. The van der Waals surface area contributed by atoms with E-state index in [1.54, 1.807) is 33.8 Å². The Hall–Kier alpha value is -1.75. The van der Waals surface area contributed by atoms with Crippen LogP contribution in [0.2, 0.25) is 5.02 Å². The molecular formula is C19H26ClNO4. The van der Waals surface area contributed by atoms with Gasteiger partial charge in [-0.2, -0.15) is 0 Å². The minimum Gasteiger partial charge on any atom is -0.466 e. The lowest BCUT2D eigenvalue weighted by molar-refractivity contribution is -0.143. The molecule has 0 bridgehead atoms. The molecule has 5 nitrogen and oxygen atoms in total. The molecule has 1 aromatic carbocycles. The molecule has 1 N–H and O–H groups in total. The number of esters is 1. The molecule has 0 saturated heterocycles. The Morgan fingerprint density at radius 1 is 1.28 bits per heavy atom. The first-order valence-corrected chi connectivity index (χ1v) is 9.01. The highest BCUT2D eigenvalue weighted by atomic mass is 35.5. The summed E-state index contributed by atoms with van der Waals surface area (Å²) in [6, 6.07) is 5.17. The van der Waals surface area contributed by atoms with Crippen molar-refractivity contribution in [2.75, 3.05) is 6.61 Å². The van der Waals surface area contributed by atoms with Crippen molar-refractivity contribution in [1.29, 1.82) is 0 Å². The van der Waals surface area contributed by atoms with E-state index in [-0.39, 0.29) is 12.4 Å². The Morgan fingerprint density at radius 3 is 2.52 bits per heavy atom. The number of halogens is 1. The van der Waals surface area contributed by atoms with Crippen LogP contribution < -0.4 is 5.32 Å². The second-order valence-electron chi connectivity index (χ2n) is 7.30. The second-order valence-corrected chi connectivity index (χ2v) is 7.74. The maximum Gasteiger partial charge on any atom is 0.408 e. The largest absolute Gasteiger partial charge is 0.466 e. The molecule has 2 rings (SSSR count). The Bertz CT molecular complexity index is 635. The molecule has 1 aromatic rings. The van der Waals surface area contributed by atoms with E-state index in [0.29, 0.717) is 17.5 Å². The fourth-order valence-corrected chi connectivity index (χ4v) is 2.83. The van der Waals surface area contributed by atoms with Crippen LogP contribution in [0.25, 0.3) is 0 Å². The zero-order chi connectivity index (χ0) is 18.6. The molecule has 1 aliphatic carbocycles. The van der Waals surface area contributed by atoms with Crippen molar-refractivity contribution in [2.24, 2.45) is 0 Å². The predicted octanol–water partition coefficient (Wildman–Crippen LogP) is 4.74. The van der Waals surface area contributed by atoms with Gasteiger partial charge in [0.1, 0.15) is 5.60 Å². The number of amides is 1. The molecule has 6 heteroatoms. The lowest BCUT2D eigenvalue weighted by atomic mass is 9.99. The van der Waals surface area contributed by atoms with E-state index < -0.39 is 17.7 Å². The van der Waals surface area contributed by atoms with Crippen molar-refractivity contribution in [1.82, 2.24) is 5.32 Å². The molecule has 0 radical (unpaired) electrons. The fourth-order valence-electron chi connectivity index (χ4n) is 2.58. The lowest BCUT2D eigenvalue weighted by Crippen LogP contribution is -2.36. The highest BCUT2D eigenvalue weighted by Gasteiger charge is 2.27. The first-order valence-electron chi connectivity index (χ1n) is 8.63. The number of benzene rings is 1. The molecule has 1 atom stereocenters. The molecule has 1 fully saturated rings. The highest BCUT2D eigenvalue weighted by Crippen LogP contribution is 2.42. The molecule has 0 aliphatic heterocycles. The van der Waals surface area contributed by atoms with Gasteiger partial charge < -0.3 is 14.8 Å². The quantitative estimate of drug-likeness (QED) is 0.738. The van der Waals surface area contributed by atoms with E-state index in [2.05, 4.69) is 5.32 Å². The first kappa shape index (κ1) is 19.6. The standard InChI is InChI=1S/C19H26ClNO4/c1-5-24-17(22)11-16(21-18(23)25-19(2,3)4)14-8-13(12-6-7-12)9-15(20)10-14/h8-10,12,16H,5-7,11H2,1-4H3,(H,21,23)/t16-/m0/s1. The van der Waals surface area contributed by atoms with Crippen molar-refractivity contribution in [3.8, 4) is 0 Å². The van der Waals surface area contributed by atoms with Gasteiger partial charge in [0.05, 0.1) is 19.1 Å². The predicted molar refractivity (Wildman–Crippen MR) is 96.8 cm³/mol. The van der Waals surface area contributed by atoms with E-state index in [0.717, 1.165) is 24.0 Å². The van der Waals surface area contributed by atoms with Gasteiger partial charge in [0.15, 0.2) is 0 Å². The number of nitrogens with one attached hydrogen (secondary N) is 1. The first-order chi connectivity index (χ1) is 11.7. The zero-order valence-electron chi connectivity index (χ0n) is 15.2. The Labute approximate surface area is 154 Å². The van der Waals surface area contributed by atoms with Gasteiger partial charge in [-0.15, -0.1) is 0 Å². The van der Waals surface area contributed by atoms with Crippen LogP contribution in [0, 0.1) is 0 Å². The molecule has 25 heavy (non-hydrogen) atoms. The van der Waals surface area contributed by atoms with Gasteiger partial charge in [0.25, 0.3) is 0 Å². The van der Waals surface area contributed by atoms with Crippen molar-refractivity contribution >= 4 is 23.7 Å². The number of carbonyl (C=O) groups excluding carboxylic acids is 2. The Balaban J connectivity index is 2.21. The fraction of sp³-hybridized carbons (Fsp3) is 0.579. The van der Waals surface area contributed by atoms with Crippen LogP contribution in [0.15, 0.2) is 18.2 Å². The molecule has 0 heterocycles. The van der Waals surface area contributed by atoms with Crippen molar-refractivity contribution < 1.29 is 19.1 Å². The van der Waals surface area contributed by atoms with Gasteiger partial charge in [-0.25, -0.2) is 4.79 Å². The van der Waals surface area contributed by atoms with Crippen LogP contribution in [-0.4, -0.2) is 24.3 Å². The molecular weight excluding hydrogens is 342 g/mol. The summed E-state index contributed by atoms with van der Waals surface area (Å²) in [5.74, 6) is 0.138. The topological polar surface area (TPSA) is 64.6 Å². The SMILES string of the molecule is CCOC(=O)C[C@H](NC(=O)OC(C)(C)C)c1cc(Cl)cc(C2CC2)c1. The maximum atomic E-state index is 12.2. The average Bonchev–Trinajstić information content (AvgIpc) is 3.28. The average molecular weight is 368 g/mol. The minimum atomic E-state index is -0.619. The van der Waals surface area contributed by atoms with E-state index in [1.165, 1.54) is 0 Å². The number of alkyl carbamates (subject to hydrolysis) is 1. The number of hydrogen-bond donors (Lipinski definition) is 1. The molecule has 0 unspecified atom stereocenters. The number of carbonyl (C=O) groups is 2. The summed E-state index contributed by atoms with van der Waals surface area (Å²) in [5.41, 5.74) is 1.31. The van der Waals surface area contributed by atoms with E-state index in [4.69, 9.17) is 21.1 Å². The third-order valence-corrected chi connectivity index (χ3v) is 3.98. The summed E-state index contributed by atoms with van der Waals surface area (Å²) in [7, 11) is 0. The van der Waals surface area contributed by atoms with Crippen LogP contribution in [0.1, 0.15) is 70.0 Å². The third kappa shape index (κ3) is 6.58. The van der Waals surface area contributed by atoms with E-state index >= 15 is 0 Å². The molecule has 0 aromatic heterocycles. The normalized spacial score (nSPS) is 15.4. The Kier molecular flexibility index (Phi) is 6.33. The van der Waals surface area contributed by atoms with Gasteiger partial charge >= 0.3 is 12.1 Å². The molecule has 0 spiro atoms.